The molecule has 0 aromatic carbocycles. The van der Waals surface area contributed by atoms with Gasteiger partial charge in [0, 0.05) is 12.0 Å². The molecule has 2 rings (SSSR count). The molecular weight excluding hydrogens is 270 g/mol. The summed E-state index contributed by atoms with van der Waals surface area (Å²) in [6, 6.07) is 0. The van der Waals surface area contributed by atoms with Gasteiger partial charge in [0.1, 0.15) is 5.60 Å². The van der Waals surface area contributed by atoms with Crippen LogP contribution in [0.2, 0.25) is 0 Å². The highest BCUT2D eigenvalue weighted by atomic mass is 16.6. The molecule has 5 heteroatoms. The summed E-state index contributed by atoms with van der Waals surface area (Å²) in [5, 5.41) is 21.0. The van der Waals surface area contributed by atoms with Crippen LogP contribution in [0.1, 0.15) is 59.3 Å². The first-order valence-electron chi connectivity index (χ1n) is 8.03. The van der Waals surface area contributed by atoms with Gasteiger partial charge >= 0.3 is 6.09 Å². The SMILES string of the molecule is CC(C)(C)OC(=O)N1CCC(O)(C2(CO)CCCCC2)C1. The zero-order chi connectivity index (χ0) is 15.7. The summed E-state index contributed by atoms with van der Waals surface area (Å²) in [7, 11) is 0. The van der Waals surface area contributed by atoms with E-state index in [1.165, 1.54) is 0 Å². The topological polar surface area (TPSA) is 70.0 Å². The molecule has 1 atom stereocenters. The normalized spacial score (nSPS) is 29.5. The van der Waals surface area contributed by atoms with Crippen molar-refractivity contribution in [3.05, 3.63) is 0 Å². The van der Waals surface area contributed by atoms with Crippen LogP contribution in [0.4, 0.5) is 4.79 Å². The van der Waals surface area contributed by atoms with E-state index in [1.807, 2.05) is 20.8 Å². The first-order valence-corrected chi connectivity index (χ1v) is 8.03. The molecule has 21 heavy (non-hydrogen) atoms. The molecule has 1 saturated carbocycles. The third kappa shape index (κ3) is 3.34. The zero-order valence-electron chi connectivity index (χ0n) is 13.5. The second kappa shape index (κ2) is 5.76. The molecular formula is C16H29NO4. The van der Waals surface area contributed by atoms with E-state index in [-0.39, 0.29) is 19.2 Å². The maximum absolute atomic E-state index is 12.2. The lowest BCUT2D eigenvalue weighted by Gasteiger charge is -2.46. The number of β-amino-alcohol motifs (C(OH)–C–C–N with tert-alkyl or cyclic N) is 1. The number of carbonyl (C=O) groups is 1. The highest BCUT2D eigenvalue weighted by Gasteiger charge is 2.54. The van der Waals surface area contributed by atoms with Crippen molar-refractivity contribution in [1.82, 2.24) is 4.90 Å². The Morgan fingerprint density at radius 2 is 1.81 bits per heavy atom. The first kappa shape index (κ1) is 16.6. The third-order valence-corrected chi connectivity index (χ3v) is 5.00. The van der Waals surface area contributed by atoms with Crippen LogP contribution in [0.15, 0.2) is 0 Å². The average molecular weight is 299 g/mol. The Morgan fingerprint density at radius 1 is 1.19 bits per heavy atom. The minimum Gasteiger partial charge on any atom is -0.444 e. The fraction of sp³-hybridized carbons (Fsp3) is 0.938. The number of hydrogen-bond acceptors (Lipinski definition) is 4. The van der Waals surface area contributed by atoms with Crippen LogP contribution in [0.3, 0.4) is 0 Å². The first-order chi connectivity index (χ1) is 9.71. The van der Waals surface area contributed by atoms with Gasteiger partial charge in [-0.25, -0.2) is 4.79 Å². The predicted molar refractivity (Wildman–Crippen MR) is 80.0 cm³/mol. The van der Waals surface area contributed by atoms with Crippen LogP contribution < -0.4 is 0 Å². The fourth-order valence-corrected chi connectivity index (χ4v) is 3.71. The Balaban J connectivity index is 2.07. The van der Waals surface area contributed by atoms with Gasteiger partial charge in [0.2, 0.25) is 0 Å². The van der Waals surface area contributed by atoms with Crippen molar-refractivity contribution >= 4 is 6.09 Å². The minimum absolute atomic E-state index is 0.00828. The number of aliphatic hydroxyl groups excluding tert-OH is 1. The molecule has 5 nitrogen and oxygen atoms in total. The summed E-state index contributed by atoms with van der Waals surface area (Å²) in [5.74, 6) is 0. The second-order valence-corrected chi connectivity index (χ2v) is 7.68. The number of hydrogen-bond donors (Lipinski definition) is 2. The Kier molecular flexibility index (Phi) is 4.54. The quantitative estimate of drug-likeness (QED) is 0.821. The van der Waals surface area contributed by atoms with E-state index >= 15 is 0 Å². The lowest BCUT2D eigenvalue weighted by Crippen LogP contribution is -2.54. The molecule has 2 fully saturated rings. The maximum atomic E-state index is 12.2. The molecule has 0 bridgehead atoms. The van der Waals surface area contributed by atoms with Crippen LogP contribution in [0, 0.1) is 5.41 Å². The van der Waals surface area contributed by atoms with E-state index in [0.717, 1.165) is 32.1 Å². The van der Waals surface area contributed by atoms with Gasteiger partial charge in [-0.15, -0.1) is 0 Å². The van der Waals surface area contributed by atoms with E-state index in [9.17, 15) is 15.0 Å². The van der Waals surface area contributed by atoms with Crippen LogP contribution in [-0.4, -0.2) is 52.1 Å². The Hall–Kier alpha value is -0.810. The Morgan fingerprint density at radius 3 is 2.33 bits per heavy atom. The van der Waals surface area contributed by atoms with Crippen LogP contribution in [0.25, 0.3) is 0 Å². The highest BCUT2D eigenvalue weighted by Crippen LogP contribution is 2.48. The van der Waals surface area contributed by atoms with Crippen molar-refractivity contribution in [1.29, 1.82) is 0 Å². The molecule has 0 aromatic heterocycles. The molecule has 1 aliphatic heterocycles. The van der Waals surface area contributed by atoms with E-state index in [4.69, 9.17) is 4.74 Å². The monoisotopic (exact) mass is 299 g/mol. The van der Waals surface area contributed by atoms with E-state index in [0.29, 0.717) is 13.0 Å². The number of likely N-dealkylation sites (tertiary alicyclic amines) is 1. The molecule has 2 N–H and O–H groups in total. The minimum atomic E-state index is -0.987. The van der Waals surface area contributed by atoms with Crippen molar-refractivity contribution in [2.45, 2.75) is 70.5 Å². The standard InChI is InChI=1S/C16H29NO4/c1-14(2,3)21-13(19)17-10-9-16(20,11-17)15(12-18)7-5-4-6-8-15/h18,20H,4-12H2,1-3H3. The van der Waals surface area contributed by atoms with Gasteiger partial charge in [-0.1, -0.05) is 19.3 Å². The van der Waals surface area contributed by atoms with Crippen LogP contribution >= 0.6 is 0 Å². The van der Waals surface area contributed by atoms with Gasteiger partial charge in [-0.2, -0.15) is 0 Å². The lowest BCUT2D eigenvalue weighted by atomic mass is 9.63. The number of carbonyl (C=O) groups excluding carboxylic acids is 1. The van der Waals surface area contributed by atoms with Crippen LogP contribution in [0.5, 0.6) is 0 Å². The smallest absolute Gasteiger partial charge is 0.410 e. The maximum Gasteiger partial charge on any atom is 0.410 e. The van der Waals surface area contributed by atoms with Gasteiger partial charge in [0.05, 0.1) is 18.8 Å². The summed E-state index contributed by atoms with van der Waals surface area (Å²) in [6.07, 6.45) is 5.05. The van der Waals surface area contributed by atoms with Crippen molar-refractivity contribution in [2.24, 2.45) is 5.41 Å². The third-order valence-electron chi connectivity index (χ3n) is 5.00. The lowest BCUT2D eigenvalue weighted by molar-refractivity contribution is -0.119. The molecule has 1 amide bonds. The summed E-state index contributed by atoms with van der Waals surface area (Å²) in [5.41, 5.74) is -1.97. The van der Waals surface area contributed by atoms with Crippen molar-refractivity contribution < 1.29 is 19.7 Å². The van der Waals surface area contributed by atoms with Crippen molar-refractivity contribution in [3.63, 3.8) is 0 Å². The fourth-order valence-electron chi connectivity index (χ4n) is 3.71. The predicted octanol–water partition coefficient (Wildman–Crippen LogP) is 2.30. The van der Waals surface area contributed by atoms with Crippen molar-refractivity contribution in [3.8, 4) is 0 Å². The summed E-state index contributed by atoms with van der Waals surface area (Å²) in [6.45, 7) is 6.26. The van der Waals surface area contributed by atoms with Gasteiger partial charge in [-0.3, -0.25) is 0 Å². The summed E-state index contributed by atoms with van der Waals surface area (Å²) >= 11 is 0. The van der Waals surface area contributed by atoms with E-state index < -0.39 is 16.6 Å². The second-order valence-electron chi connectivity index (χ2n) is 7.68. The number of amides is 1. The molecule has 2 aliphatic rings. The van der Waals surface area contributed by atoms with Crippen molar-refractivity contribution in [2.75, 3.05) is 19.7 Å². The van der Waals surface area contributed by atoms with Gasteiger partial charge in [0.25, 0.3) is 0 Å². The largest absolute Gasteiger partial charge is 0.444 e. The molecule has 0 spiro atoms. The number of nitrogens with zero attached hydrogens (tertiary/aromatic N) is 1. The molecule has 1 saturated heterocycles. The molecule has 0 aromatic rings. The van der Waals surface area contributed by atoms with E-state index in [1.54, 1.807) is 4.90 Å². The van der Waals surface area contributed by atoms with Gasteiger partial charge in [0.15, 0.2) is 0 Å². The van der Waals surface area contributed by atoms with E-state index in [2.05, 4.69) is 0 Å². The molecule has 1 aliphatic carbocycles. The average Bonchev–Trinajstić information content (AvgIpc) is 2.82. The Bertz CT molecular complexity index is 384. The number of aliphatic hydroxyl groups is 2. The Labute approximate surface area is 127 Å². The highest BCUT2D eigenvalue weighted by molar-refractivity contribution is 5.68. The van der Waals surface area contributed by atoms with Crippen LogP contribution in [-0.2, 0) is 4.74 Å². The molecule has 0 radical (unpaired) electrons. The van der Waals surface area contributed by atoms with Gasteiger partial charge in [-0.05, 0) is 40.0 Å². The molecule has 1 unspecified atom stereocenters. The number of rotatable bonds is 2. The number of ether oxygens (including phenoxy) is 1. The molecule has 122 valence electrons. The summed E-state index contributed by atoms with van der Waals surface area (Å²) < 4.78 is 5.38. The molecule has 1 heterocycles. The summed E-state index contributed by atoms with van der Waals surface area (Å²) in [4.78, 5) is 13.7. The zero-order valence-corrected chi connectivity index (χ0v) is 13.5. The van der Waals surface area contributed by atoms with Gasteiger partial charge < -0.3 is 19.8 Å².